The fourth-order valence-corrected chi connectivity index (χ4v) is 4.77. The second kappa shape index (κ2) is 8.46. The molecular weight excluding hydrogens is 392 g/mol. The summed E-state index contributed by atoms with van der Waals surface area (Å²) in [6, 6.07) is 7.95. The summed E-state index contributed by atoms with van der Waals surface area (Å²) in [5.74, 6) is 0.889. The Labute approximate surface area is 183 Å². The number of benzene rings is 1. The third kappa shape index (κ3) is 4.37. The first-order valence-electron chi connectivity index (χ1n) is 11.2. The zero-order valence-electron chi connectivity index (χ0n) is 18.6. The lowest BCUT2D eigenvalue weighted by Crippen LogP contribution is -2.50. The molecule has 0 aliphatic carbocycles. The zero-order valence-corrected chi connectivity index (χ0v) is 18.6. The number of carbonyl (C=O) groups is 2. The molecule has 1 aromatic heterocycles. The minimum Gasteiger partial charge on any atom is -0.388 e. The van der Waals surface area contributed by atoms with Crippen LogP contribution in [0, 0.1) is 12.8 Å². The summed E-state index contributed by atoms with van der Waals surface area (Å²) >= 11 is 0. The second-order valence-electron chi connectivity index (χ2n) is 9.27. The zero-order chi connectivity index (χ0) is 22.2. The second-order valence-corrected chi connectivity index (χ2v) is 9.27. The molecule has 0 bridgehead atoms. The van der Waals surface area contributed by atoms with Gasteiger partial charge in [0.15, 0.2) is 0 Å². The van der Waals surface area contributed by atoms with Crippen molar-refractivity contribution in [2.24, 2.45) is 5.92 Å². The van der Waals surface area contributed by atoms with Crippen LogP contribution in [0.4, 0.5) is 5.69 Å². The lowest BCUT2D eigenvalue weighted by molar-refractivity contribution is -0.140. The number of hydrogen-bond acceptors (Lipinski definition) is 4. The van der Waals surface area contributed by atoms with Gasteiger partial charge in [0.05, 0.1) is 18.1 Å². The summed E-state index contributed by atoms with van der Waals surface area (Å²) in [7, 11) is 0. The Bertz CT molecular complexity index is 959. The van der Waals surface area contributed by atoms with Gasteiger partial charge in [-0.2, -0.15) is 0 Å². The molecule has 2 saturated heterocycles. The molecule has 4 rings (SSSR count). The number of rotatable bonds is 5. The predicted octanol–water partition coefficient (Wildman–Crippen LogP) is 2.72. The molecule has 0 saturated carbocycles. The van der Waals surface area contributed by atoms with Crippen LogP contribution < -0.4 is 4.90 Å². The first kappa shape index (κ1) is 21.6. The summed E-state index contributed by atoms with van der Waals surface area (Å²) in [6.45, 7) is 8.08. The lowest BCUT2D eigenvalue weighted by atomic mass is 9.90. The van der Waals surface area contributed by atoms with Crippen LogP contribution in [0.25, 0.3) is 0 Å². The van der Waals surface area contributed by atoms with Crippen molar-refractivity contribution in [1.29, 1.82) is 0 Å². The molecule has 1 aromatic carbocycles. The standard InChI is InChI=1S/C24H32N4O3/c1-17(2)20-6-4-5-7-21(20)28-15-19(14-22(28)29)23(30)26-11-8-24(31,9-12-26)16-27-13-10-25-18(27)3/h4-7,10,13,17,19,31H,8-9,11-12,14-16H2,1-3H3. The van der Waals surface area contributed by atoms with Crippen LogP contribution in [0.2, 0.25) is 0 Å². The van der Waals surface area contributed by atoms with E-state index < -0.39 is 5.60 Å². The maximum absolute atomic E-state index is 13.2. The molecule has 2 fully saturated rings. The number of carbonyl (C=O) groups excluding carboxylic acids is 2. The number of anilines is 1. The number of aryl methyl sites for hydroxylation is 1. The van der Waals surface area contributed by atoms with E-state index in [9.17, 15) is 14.7 Å². The van der Waals surface area contributed by atoms with Crippen LogP contribution in [0.5, 0.6) is 0 Å². The molecule has 166 valence electrons. The quantitative estimate of drug-likeness (QED) is 0.801. The lowest BCUT2D eigenvalue weighted by Gasteiger charge is -2.39. The molecule has 7 nitrogen and oxygen atoms in total. The molecule has 0 radical (unpaired) electrons. The van der Waals surface area contributed by atoms with Crippen molar-refractivity contribution in [3.63, 3.8) is 0 Å². The Balaban J connectivity index is 1.39. The number of aromatic nitrogens is 2. The summed E-state index contributed by atoms with van der Waals surface area (Å²) in [4.78, 5) is 33.8. The van der Waals surface area contributed by atoms with Crippen molar-refractivity contribution < 1.29 is 14.7 Å². The van der Waals surface area contributed by atoms with E-state index in [0.29, 0.717) is 44.9 Å². The maximum Gasteiger partial charge on any atom is 0.228 e. The average Bonchev–Trinajstić information content (AvgIpc) is 3.33. The molecule has 0 spiro atoms. The normalized spacial score (nSPS) is 21.2. The highest BCUT2D eigenvalue weighted by atomic mass is 16.3. The number of piperidine rings is 1. The molecule has 2 amide bonds. The van der Waals surface area contributed by atoms with Crippen molar-refractivity contribution in [1.82, 2.24) is 14.5 Å². The smallest absolute Gasteiger partial charge is 0.228 e. The first-order valence-corrected chi connectivity index (χ1v) is 11.2. The number of amides is 2. The van der Waals surface area contributed by atoms with Gasteiger partial charge in [0, 0.05) is 44.1 Å². The molecule has 2 aliphatic heterocycles. The minimum atomic E-state index is -0.837. The van der Waals surface area contributed by atoms with Crippen molar-refractivity contribution in [3.05, 3.63) is 48.0 Å². The fraction of sp³-hybridized carbons (Fsp3) is 0.542. The van der Waals surface area contributed by atoms with Crippen molar-refractivity contribution in [2.75, 3.05) is 24.5 Å². The summed E-state index contributed by atoms with van der Waals surface area (Å²) in [5, 5.41) is 11.0. The third-order valence-corrected chi connectivity index (χ3v) is 6.72. The molecule has 7 heteroatoms. The first-order chi connectivity index (χ1) is 14.8. The maximum atomic E-state index is 13.2. The number of nitrogens with zero attached hydrogens (tertiary/aromatic N) is 4. The van der Waals surface area contributed by atoms with Gasteiger partial charge in [-0.1, -0.05) is 32.0 Å². The summed E-state index contributed by atoms with van der Waals surface area (Å²) < 4.78 is 1.96. The van der Waals surface area contributed by atoms with Gasteiger partial charge in [0.25, 0.3) is 0 Å². The van der Waals surface area contributed by atoms with Crippen molar-refractivity contribution in [2.45, 2.75) is 58.1 Å². The Morgan fingerprint density at radius 3 is 2.61 bits per heavy atom. The molecular formula is C24H32N4O3. The molecule has 2 aromatic rings. The van der Waals surface area contributed by atoms with Crippen LogP contribution in [0.1, 0.15) is 50.4 Å². The average molecular weight is 425 g/mol. The van der Waals surface area contributed by atoms with Gasteiger partial charge in [-0.25, -0.2) is 4.98 Å². The number of imidazole rings is 1. The van der Waals surface area contributed by atoms with Gasteiger partial charge >= 0.3 is 0 Å². The molecule has 1 atom stereocenters. The van der Waals surface area contributed by atoms with E-state index in [2.05, 4.69) is 24.9 Å². The Morgan fingerprint density at radius 2 is 1.97 bits per heavy atom. The fourth-order valence-electron chi connectivity index (χ4n) is 4.77. The Hall–Kier alpha value is -2.67. The van der Waals surface area contributed by atoms with Gasteiger partial charge in [0.2, 0.25) is 11.8 Å². The van der Waals surface area contributed by atoms with E-state index in [1.165, 1.54) is 0 Å². The topological polar surface area (TPSA) is 78.7 Å². The van der Waals surface area contributed by atoms with Crippen LogP contribution in [0.15, 0.2) is 36.7 Å². The predicted molar refractivity (Wildman–Crippen MR) is 119 cm³/mol. The number of hydrogen-bond donors (Lipinski definition) is 1. The van der Waals surface area contributed by atoms with E-state index in [-0.39, 0.29) is 24.2 Å². The van der Waals surface area contributed by atoms with Crippen molar-refractivity contribution in [3.8, 4) is 0 Å². The van der Waals surface area contributed by atoms with Crippen molar-refractivity contribution >= 4 is 17.5 Å². The van der Waals surface area contributed by atoms with Gasteiger partial charge in [-0.3, -0.25) is 9.59 Å². The highest BCUT2D eigenvalue weighted by molar-refractivity contribution is 6.00. The number of aliphatic hydroxyl groups is 1. The number of likely N-dealkylation sites (tertiary alicyclic amines) is 1. The Morgan fingerprint density at radius 1 is 1.26 bits per heavy atom. The number of para-hydroxylation sites is 1. The van der Waals surface area contributed by atoms with E-state index in [1.807, 2.05) is 40.8 Å². The summed E-state index contributed by atoms with van der Waals surface area (Å²) in [5.41, 5.74) is 1.21. The highest BCUT2D eigenvalue weighted by Crippen LogP contribution is 2.33. The molecule has 3 heterocycles. The van der Waals surface area contributed by atoms with E-state index in [4.69, 9.17) is 0 Å². The van der Waals surface area contributed by atoms with Gasteiger partial charge in [-0.15, -0.1) is 0 Å². The highest BCUT2D eigenvalue weighted by Gasteiger charge is 2.41. The van der Waals surface area contributed by atoms with Gasteiger partial charge < -0.3 is 19.5 Å². The minimum absolute atomic E-state index is 0.00977. The van der Waals surface area contributed by atoms with Crippen LogP contribution >= 0.6 is 0 Å². The van der Waals surface area contributed by atoms with Crippen LogP contribution in [-0.2, 0) is 16.1 Å². The van der Waals surface area contributed by atoms with Gasteiger partial charge in [-0.05, 0) is 37.3 Å². The Kier molecular flexibility index (Phi) is 5.88. The van der Waals surface area contributed by atoms with E-state index in [0.717, 1.165) is 17.1 Å². The molecule has 31 heavy (non-hydrogen) atoms. The summed E-state index contributed by atoms with van der Waals surface area (Å²) in [6.07, 6.45) is 4.91. The SMILES string of the molecule is Cc1nccn1CC1(O)CCN(C(=O)C2CC(=O)N(c3ccccc3C(C)C)C2)CC1. The molecule has 1 unspecified atom stereocenters. The molecule has 1 N–H and O–H groups in total. The molecule has 2 aliphatic rings. The largest absolute Gasteiger partial charge is 0.388 e. The van der Waals surface area contributed by atoms with E-state index >= 15 is 0 Å². The van der Waals surface area contributed by atoms with E-state index in [1.54, 1.807) is 11.1 Å². The van der Waals surface area contributed by atoms with Crippen LogP contribution in [-0.4, -0.2) is 56.6 Å². The monoisotopic (exact) mass is 424 g/mol. The van der Waals surface area contributed by atoms with Crippen LogP contribution in [0.3, 0.4) is 0 Å². The van der Waals surface area contributed by atoms with Gasteiger partial charge in [0.1, 0.15) is 5.82 Å². The third-order valence-electron chi connectivity index (χ3n) is 6.72.